The van der Waals surface area contributed by atoms with Gasteiger partial charge in [-0.25, -0.2) is 4.98 Å². The molecular formula is C18H20N4. The molecule has 1 aliphatic heterocycles. The van der Waals surface area contributed by atoms with E-state index in [-0.39, 0.29) is 0 Å². The molecule has 1 aliphatic rings. The molecule has 0 amide bonds. The van der Waals surface area contributed by atoms with Crippen LogP contribution in [0.1, 0.15) is 5.56 Å². The molecule has 2 N–H and O–H groups in total. The summed E-state index contributed by atoms with van der Waals surface area (Å²) in [6, 6.07) is 10.8. The lowest BCUT2D eigenvalue weighted by atomic mass is 10.0. The van der Waals surface area contributed by atoms with Crippen molar-refractivity contribution in [3.05, 3.63) is 48.3 Å². The van der Waals surface area contributed by atoms with Crippen LogP contribution in [0.25, 0.3) is 22.0 Å². The molecule has 0 radical (unpaired) electrons. The van der Waals surface area contributed by atoms with E-state index < -0.39 is 0 Å². The molecule has 4 rings (SSSR count). The van der Waals surface area contributed by atoms with Gasteiger partial charge >= 0.3 is 0 Å². The molecular weight excluding hydrogens is 272 g/mol. The van der Waals surface area contributed by atoms with Gasteiger partial charge in [-0.3, -0.25) is 0 Å². The molecule has 1 saturated heterocycles. The number of pyridine rings is 1. The van der Waals surface area contributed by atoms with Crippen molar-refractivity contribution in [1.29, 1.82) is 0 Å². The predicted octanol–water partition coefficient (Wildman–Crippen LogP) is 2.95. The number of H-pyrrole nitrogens is 1. The van der Waals surface area contributed by atoms with Crippen LogP contribution in [0.5, 0.6) is 0 Å². The average Bonchev–Trinajstić information content (AvgIpc) is 3.03. The highest BCUT2D eigenvalue weighted by atomic mass is 15.2. The standard InChI is InChI=1S/C18H20N4/c1-13-10-18(22-8-6-19-7-9-22)21-12-16(13)14-2-3-17-15(11-14)4-5-20-17/h2-5,10-12,19-20H,6-9H2,1H3. The second-order valence-electron chi connectivity index (χ2n) is 5.87. The van der Waals surface area contributed by atoms with Crippen LogP contribution >= 0.6 is 0 Å². The fourth-order valence-electron chi connectivity index (χ4n) is 3.13. The van der Waals surface area contributed by atoms with Crippen molar-refractivity contribution >= 4 is 16.7 Å². The number of fused-ring (bicyclic) bond motifs is 1. The van der Waals surface area contributed by atoms with Crippen molar-refractivity contribution in [3.8, 4) is 11.1 Å². The summed E-state index contributed by atoms with van der Waals surface area (Å²) in [5, 5.41) is 4.62. The van der Waals surface area contributed by atoms with Crippen LogP contribution < -0.4 is 10.2 Å². The molecule has 3 aromatic rings. The minimum absolute atomic E-state index is 1.03. The van der Waals surface area contributed by atoms with E-state index >= 15 is 0 Å². The first-order valence-electron chi connectivity index (χ1n) is 7.81. The first kappa shape index (κ1) is 13.3. The number of aryl methyl sites for hydroxylation is 1. The third-order valence-corrected chi connectivity index (χ3v) is 4.40. The Morgan fingerprint density at radius 1 is 1.09 bits per heavy atom. The van der Waals surface area contributed by atoms with Crippen molar-refractivity contribution in [2.45, 2.75) is 6.92 Å². The van der Waals surface area contributed by atoms with Crippen molar-refractivity contribution in [2.75, 3.05) is 31.1 Å². The largest absolute Gasteiger partial charge is 0.361 e. The van der Waals surface area contributed by atoms with Crippen LogP contribution in [0.2, 0.25) is 0 Å². The number of piperazine rings is 1. The summed E-state index contributed by atoms with van der Waals surface area (Å²) in [6.07, 6.45) is 3.99. The summed E-state index contributed by atoms with van der Waals surface area (Å²) in [6.45, 7) is 6.30. The van der Waals surface area contributed by atoms with Gasteiger partial charge in [0.25, 0.3) is 0 Å². The maximum Gasteiger partial charge on any atom is 0.128 e. The summed E-state index contributed by atoms with van der Waals surface area (Å²) < 4.78 is 0. The van der Waals surface area contributed by atoms with Gasteiger partial charge in [0, 0.05) is 49.7 Å². The van der Waals surface area contributed by atoms with Gasteiger partial charge in [0.15, 0.2) is 0 Å². The summed E-state index contributed by atoms with van der Waals surface area (Å²) >= 11 is 0. The predicted molar refractivity (Wildman–Crippen MR) is 91.3 cm³/mol. The third-order valence-electron chi connectivity index (χ3n) is 4.40. The maximum atomic E-state index is 4.70. The van der Waals surface area contributed by atoms with E-state index in [9.17, 15) is 0 Å². The van der Waals surface area contributed by atoms with E-state index in [1.54, 1.807) is 0 Å². The molecule has 4 heteroatoms. The smallest absolute Gasteiger partial charge is 0.128 e. The summed E-state index contributed by atoms with van der Waals surface area (Å²) in [5.41, 5.74) is 4.89. The molecule has 0 unspecified atom stereocenters. The van der Waals surface area contributed by atoms with Gasteiger partial charge in [-0.05, 0) is 47.7 Å². The SMILES string of the molecule is Cc1cc(N2CCNCC2)ncc1-c1ccc2[nH]ccc2c1. The molecule has 0 aliphatic carbocycles. The van der Waals surface area contributed by atoms with E-state index in [4.69, 9.17) is 4.98 Å². The zero-order valence-electron chi connectivity index (χ0n) is 12.8. The summed E-state index contributed by atoms with van der Waals surface area (Å²) in [4.78, 5) is 10.3. The highest BCUT2D eigenvalue weighted by Crippen LogP contribution is 2.28. The molecule has 2 aromatic heterocycles. The minimum atomic E-state index is 1.03. The Kier molecular flexibility index (Phi) is 3.31. The molecule has 0 saturated carbocycles. The first-order valence-corrected chi connectivity index (χ1v) is 7.81. The number of rotatable bonds is 2. The second-order valence-corrected chi connectivity index (χ2v) is 5.87. The van der Waals surface area contributed by atoms with Gasteiger partial charge in [-0.1, -0.05) is 6.07 Å². The lowest BCUT2D eigenvalue weighted by Crippen LogP contribution is -2.43. The first-order chi connectivity index (χ1) is 10.8. The maximum absolute atomic E-state index is 4.70. The van der Waals surface area contributed by atoms with Crippen molar-refractivity contribution in [1.82, 2.24) is 15.3 Å². The number of aromatic amines is 1. The Labute approximate surface area is 130 Å². The second kappa shape index (κ2) is 5.46. The fourth-order valence-corrected chi connectivity index (χ4v) is 3.13. The quantitative estimate of drug-likeness (QED) is 0.763. The van der Waals surface area contributed by atoms with Crippen molar-refractivity contribution in [2.24, 2.45) is 0 Å². The molecule has 112 valence electrons. The number of aromatic nitrogens is 2. The van der Waals surface area contributed by atoms with E-state index in [1.807, 2.05) is 12.4 Å². The fraction of sp³-hybridized carbons (Fsp3) is 0.278. The van der Waals surface area contributed by atoms with Gasteiger partial charge in [0.1, 0.15) is 5.82 Å². The number of nitrogens with one attached hydrogen (secondary N) is 2. The zero-order chi connectivity index (χ0) is 14.9. The van der Waals surface area contributed by atoms with Crippen molar-refractivity contribution in [3.63, 3.8) is 0 Å². The molecule has 0 spiro atoms. The summed E-state index contributed by atoms with van der Waals surface area (Å²) in [7, 11) is 0. The van der Waals surface area contributed by atoms with Crippen LogP contribution in [0.3, 0.4) is 0 Å². The van der Waals surface area contributed by atoms with Crippen molar-refractivity contribution < 1.29 is 0 Å². The van der Waals surface area contributed by atoms with E-state index in [0.717, 1.165) is 32.0 Å². The van der Waals surface area contributed by atoms with Crippen LogP contribution in [0.15, 0.2) is 42.7 Å². The number of nitrogens with zero attached hydrogens (tertiary/aromatic N) is 2. The van der Waals surface area contributed by atoms with Gasteiger partial charge in [0.2, 0.25) is 0 Å². The van der Waals surface area contributed by atoms with E-state index in [1.165, 1.54) is 27.6 Å². The summed E-state index contributed by atoms with van der Waals surface area (Å²) in [5.74, 6) is 1.09. The van der Waals surface area contributed by atoms with Gasteiger partial charge in [-0.15, -0.1) is 0 Å². The van der Waals surface area contributed by atoms with Gasteiger partial charge in [0.05, 0.1) is 0 Å². The Morgan fingerprint density at radius 2 is 1.95 bits per heavy atom. The Bertz CT molecular complexity index is 800. The third kappa shape index (κ3) is 2.35. The highest BCUT2D eigenvalue weighted by Gasteiger charge is 2.13. The van der Waals surface area contributed by atoms with E-state index in [0.29, 0.717) is 0 Å². The number of benzene rings is 1. The molecule has 4 nitrogen and oxygen atoms in total. The Balaban J connectivity index is 1.69. The lowest BCUT2D eigenvalue weighted by molar-refractivity contribution is 0.585. The van der Waals surface area contributed by atoms with Gasteiger partial charge in [-0.2, -0.15) is 0 Å². The molecule has 22 heavy (non-hydrogen) atoms. The number of hydrogen-bond acceptors (Lipinski definition) is 3. The lowest BCUT2D eigenvalue weighted by Gasteiger charge is -2.28. The van der Waals surface area contributed by atoms with Gasteiger partial charge < -0.3 is 15.2 Å². The molecule has 1 fully saturated rings. The highest BCUT2D eigenvalue weighted by molar-refractivity contribution is 5.85. The Hall–Kier alpha value is -2.33. The Morgan fingerprint density at radius 3 is 2.77 bits per heavy atom. The molecule has 0 atom stereocenters. The monoisotopic (exact) mass is 292 g/mol. The zero-order valence-corrected chi connectivity index (χ0v) is 12.8. The number of anilines is 1. The molecule has 1 aromatic carbocycles. The normalized spacial score (nSPS) is 15.4. The van der Waals surface area contributed by atoms with E-state index in [2.05, 4.69) is 52.5 Å². The van der Waals surface area contributed by atoms with Crippen LogP contribution in [0.4, 0.5) is 5.82 Å². The van der Waals surface area contributed by atoms with Crippen LogP contribution in [-0.4, -0.2) is 36.1 Å². The molecule has 3 heterocycles. The topological polar surface area (TPSA) is 44.0 Å². The van der Waals surface area contributed by atoms with Crippen LogP contribution in [0, 0.1) is 6.92 Å². The number of hydrogen-bond donors (Lipinski definition) is 2. The van der Waals surface area contributed by atoms with Crippen LogP contribution in [-0.2, 0) is 0 Å². The molecule has 0 bridgehead atoms. The average molecular weight is 292 g/mol. The minimum Gasteiger partial charge on any atom is -0.361 e.